The van der Waals surface area contributed by atoms with Crippen molar-refractivity contribution in [2.45, 2.75) is 27.7 Å². The molecule has 28 heavy (non-hydrogen) atoms. The van der Waals surface area contributed by atoms with Gasteiger partial charge in [-0.1, -0.05) is 12.1 Å². The number of nitrogens with zero attached hydrogens (tertiary/aromatic N) is 1. The summed E-state index contributed by atoms with van der Waals surface area (Å²) in [5, 5.41) is 2.78. The van der Waals surface area contributed by atoms with Crippen molar-refractivity contribution in [1.29, 1.82) is 0 Å². The first kappa shape index (κ1) is 19.4. The summed E-state index contributed by atoms with van der Waals surface area (Å²) in [5.74, 6) is -0.888. The molecule has 3 aromatic rings. The lowest BCUT2D eigenvalue weighted by Crippen LogP contribution is -2.21. The first-order valence-electron chi connectivity index (χ1n) is 9.15. The third kappa shape index (κ3) is 4.31. The number of anilines is 1. The average Bonchev–Trinajstić information content (AvgIpc) is 3.01. The lowest BCUT2D eigenvalue weighted by Gasteiger charge is -2.11. The summed E-state index contributed by atoms with van der Waals surface area (Å²) in [6, 6.07) is 17.0. The maximum Gasteiger partial charge on any atom is 0.338 e. The van der Waals surface area contributed by atoms with Crippen molar-refractivity contribution in [3.8, 4) is 5.69 Å². The zero-order valence-corrected chi connectivity index (χ0v) is 16.6. The number of ether oxygens (including phenoxy) is 1. The van der Waals surface area contributed by atoms with E-state index in [0.717, 1.165) is 33.9 Å². The number of esters is 1. The Labute approximate surface area is 165 Å². The first-order chi connectivity index (χ1) is 13.3. The molecule has 0 saturated carbocycles. The first-order valence-corrected chi connectivity index (χ1v) is 9.15. The number of amides is 1. The molecule has 0 fully saturated rings. The van der Waals surface area contributed by atoms with Crippen LogP contribution in [-0.4, -0.2) is 23.1 Å². The average molecular weight is 376 g/mol. The minimum Gasteiger partial charge on any atom is -0.452 e. The van der Waals surface area contributed by atoms with Gasteiger partial charge in [0, 0.05) is 22.8 Å². The van der Waals surface area contributed by atoms with Gasteiger partial charge < -0.3 is 14.6 Å². The van der Waals surface area contributed by atoms with Crippen molar-refractivity contribution >= 4 is 17.6 Å². The lowest BCUT2D eigenvalue weighted by atomic mass is 10.1. The van der Waals surface area contributed by atoms with Gasteiger partial charge in [0.2, 0.25) is 0 Å². The van der Waals surface area contributed by atoms with Crippen molar-refractivity contribution in [3.63, 3.8) is 0 Å². The van der Waals surface area contributed by atoms with Crippen molar-refractivity contribution in [2.24, 2.45) is 0 Å². The van der Waals surface area contributed by atoms with Crippen LogP contribution in [0, 0.1) is 27.7 Å². The van der Waals surface area contributed by atoms with Crippen molar-refractivity contribution in [3.05, 3.63) is 82.7 Å². The van der Waals surface area contributed by atoms with Gasteiger partial charge in [0.05, 0.1) is 5.56 Å². The highest BCUT2D eigenvalue weighted by Gasteiger charge is 2.12. The summed E-state index contributed by atoms with van der Waals surface area (Å²) < 4.78 is 7.26. The van der Waals surface area contributed by atoms with Gasteiger partial charge in [0.25, 0.3) is 5.91 Å². The summed E-state index contributed by atoms with van der Waals surface area (Å²) in [6.07, 6.45) is 0. The fraction of sp³-hybridized carbons (Fsp3) is 0.217. The van der Waals surface area contributed by atoms with Gasteiger partial charge >= 0.3 is 5.97 Å². The second kappa shape index (κ2) is 8.13. The van der Waals surface area contributed by atoms with Gasteiger partial charge in [-0.25, -0.2) is 4.79 Å². The van der Waals surface area contributed by atoms with Crippen LogP contribution in [0.3, 0.4) is 0 Å². The Hall–Kier alpha value is -3.34. The maximum absolute atomic E-state index is 12.2. The van der Waals surface area contributed by atoms with Crippen molar-refractivity contribution in [2.75, 3.05) is 11.9 Å². The molecule has 144 valence electrons. The molecule has 2 aromatic carbocycles. The van der Waals surface area contributed by atoms with Crippen molar-refractivity contribution < 1.29 is 14.3 Å². The normalized spacial score (nSPS) is 10.6. The molecule has 0 atom stereocenters. The standard InChI is InChI=1S/C23H24N2O3/c1-15-5-6-16(2)21(13-15)24-22(26)14-28-23(27)19-9-11-20(12-10-19)25-17(3)7-8-18(25)4/h5-13H,14H2,1-4H3,(H,24,26). The molecule has 1 aromatic heterocycles. The number of carbonyl (C=O) groups is 2. The fourth-order valence-electron chi connectivity index (χ4n) is 3.09. The molecule has 0 saturated heterocycles. The Kier molecular flexibility index (Phi) is 5.64. The molecule has 1 amide bonds. The highest BCUT2D eigenvalue weighted by molar-refractivity contribution is 5.96. The van der Waals surface area contributed by atoms with Crippen LogP contribution in [0.4, 0.5) is 5.69 Å². The molecule has 1 heterocycles. The monoisotopic (exact) mass is 376 g/mol. The molecule has 0 spiro atoms. The van der Waals surface area contributed by atoms with Crippen LogP contribution in [0.25, 0.3) is 5.69 Å². The molecule has 1 N–H and O–H groups in total. The molecule has 5 nitrogen and oxygen atoms in total. The minimum atomic E-state index is -0.524. The second-order valence-electron chi connectivity index (χ2n) is 6.94. The quantitative estimate of drug-likeness (QED) is 0.667. The van der Waals surface area contributed by atoms with Gasteiger partial charge in [-0.2, -0.15) is 0 Å². The molecule has 5 heteroatoms. The summed E-state index contributed by atoms with van der Waals surface area (Å²) in [4.78, 5) is 24.3. The smallest absolute Gasteiger partial charge is 0.338 e. The topological polar surface area (TPSA) is 60.3 Å². The van der Waals surface area contributed by atoms with Crippen LogP contribution in [0.1, 0.15) is 32.9 Å². The highest BCUT2D eigenvalue weighted by atomic mass is 16.5. The van der Waals surface area contributed by atoms with E-state index in [4.69, 9.17) is 4.74 Å². The number of carbonyl (C=O) groups excluding carboxylic acids is 2. The third-order valence-corrected chi connectivity index (χ3v) is 4.63. The van der Waals surface area contributed by atoms with E-state index in [0.29, 0.717) is 5.56 Å². The van der Waals surface area contributed by atoms with Gasteiger partial charge in [-0.3, -0.25) is 4.79 Å². The Balaban J connectivity index is 1.60. The zero-order chi connectivity index (χ0) is 20.3. The molecule has 0 aliphatic heterocycles. The van der Waals surface area contributed by atoms with Crippen LogP contribution >= 0.6 is 0 Å². The Morgan fingerprint density at radius 1 is 0.893 bits per heavy atom. The summed E-state index contributed by atoms with van der Waals surface area (Å²) >= 11 is 0. The summed E-state index contributed by atoms with van der Waals surface area (Å²) in [5.41, 5.74) is 6.35. The molecule has 0 radical (unpaired) electrons. The van der Waals surface area contributed by atoms with E-state index < -0.39 is 5.97 Å². The number of hydrogen-bond donors (Lipinski definition) is 1. The van der Waals surface area contributed by atoms with Gasteiger partial charge in [0.1, 0.15) is 0 Å². The predicted octanol–water partition coefficient (Wildman–Crippen LogP) is 4.51. The number of rotatable bonds is 5. The predicted molar refractivity (Wildman–Crippen MR) is 110 cm³/mol. The van der Waals surface area contributed by atoms with Crippen LogP contribution in [0.5, 0.6) is 0 Å². The zero-order valence-electron chi connectivity index (χ0n) is 16.6. The third-order valence-electron chi connectivity index (χ3n) is 4.63. The van der Waals surface area contributed by atoms with E-state index in [1.54, 1.807) is 12.1 Å². The Bertz CT molecular complexity index is 997. The number of aromatic nitrogens is 1. The number of benzene rings is 2. The molecule has 3 rings (SSSR count). The van der Waals surface area contributed by atoms with E-state index in [1.807, 2.05) is 70.2 Å². The molecule has 0 aliphatic carbocycles. The van der Waals surface area contributed by atoms with E-state index in [9.17, 15) is 9.59 Å². The van der Waals surface area contributed by atoms with Crippen molar-refractivity contribution in [1.82, 2.24) is 4.57 Å². The summed E-state index contributed by atoms with van der Waals surface area (Å²) in [6.45, 7) is 7.60. The van der Waals surface area contributed by atoms with Gasteiger partial charge in [-0.15, -0.1) is 0 Å². The van der Waals surface area contributed by atoms with E-state index in [2.05, 4.69) is 9.88 Å². The van der Waals surface area contributed by atoms with Crippen LogP contribution in [0.2, 0.25) is 0 Å². The Morgan fingerprint density at radius 3 is 2.18 bits per heavy atom. The molecular weight excluding hydrogens is 352 g/mol. The van der Waals surface area contributed by atoms with E-state index >= 15 is 0 Å². The largest absolute Gasteiger partial charge is 0.452 e. The minimum absolute atomic E-state index is 0.330. The molecule has 0 aliphatic rings. The molecule has 0 unspecified atom stereocenters. The number of nitrogens with one attached hydrogen (secondary N) is 1. The SMILES string of the molecule is Cc1ccc(C)c(NC(=O)COC(=O)c2ccc(-n3c(C)ccc3C)cc2)c1. The Morgan fingerprint density at radius 2 is 1.54 bits per heavy atom. The molecular formula is C23H24N2O3. The van der Waals surface area contributed by atoms with Gasteiger partial charge in [0.15, 0.2) is 6.61 Å². The second-order valence-corrected chi connectivity index (χ2v) is 6.94. The number of aryl methyl sites for hydroxylation is 4. The lowest BCUT2D eigenvalue weighted by molar-refractivity contribution is -0.119. The van der Waals surface area contributed by atoms with E-state index in [1.165, 1.54) is 0 Å². The van der Waals surface area contributed by atoms with Crippen LogP contribution in [-0.2, 0) is 9.53 Å². The van der Waals surface area contributed by atoms with E-state index in [-0.39, 0.29) is 12.5 Å². The fourth-order valence-corrected chi connectivity index (χ4v) is 3.09. The highest BCUT2D eigenvalue weighted by Crippen LogP contribution is 2.18. The van der Waals surface area contributed by atoms with Crippen LogP contribution in [0.15, 0.2) is 54.6 Å². The van der Waals surface area contributed by atoms with Crippen LogP contribution < -0.4 is 5.32 Å². The maximum atomic E-state index is 12.2. The molecule has 0 bridgehead atoms. The van der Waals surface area contributed by atoms with Gasteiger partial charge in [-0.05, 0) is 81.3 Å². The summed E-state index contributed by atoms with van der Waals surface area (Å²) in [7, 11) is 0. The number of hydrogen-bond acceptors (Lipinski definition) is 3.